The lowest BCUT2D eigenvalue weighted by Gasteiger charge is -2.43. The molecule has 8 nitrogen and oxygen atoms in total. The fourth-order valence-electron chi connectivity index (χ4n) is 5.67. The maximum absolute atomic E-state index is 13.3. The van der Waals surface area contributed by atoms with Gasteiger partial charge in [0.25, 0.3) is 5.56 Å². The normalized spacial score (nSPS) is 29.9. The van der Waals surface area contributed by atoms with Crippen LogP contribution in [0.25, 0.3) is 0 Å². The van der Waals surface area contributed by atoms with Gasteiger partial charge in [0.05, 0.1) is 12.7 Å². The number of thiazole rings is 1. The summed E-state index contributed by atoms with van der Waals surface area (Å²) >= 11 is 1.38. The first-order valence-electron chi connectivity index (χ1n) is 10.6. The summed E-state index contributed by atoms with van der Waals surface area (Å²) in [5.41, 5.74) is 2.25. The number of piperidine rings is 1. The molecular formula is C21H24N4O4S. The van der Waals surface area contributed by atoms with Crippen LogP contribution < -0.4 is 10.5 Å². The first-order chi connectivity index (χ1) is 14.5. The average Bonchev–Trinajstić information content (AvgIpc) is 3.47. The molecule has 6 heterocycles. The number of likely N-dealkylation sites (tertiary alicyclic amines) is 1. The SMILES string of the molecule is O=C(O)c1csc(N2C[C@@H]3C[C@H](C2)c2ccc(CN4C[C@H]5C[C@@H]4CO5)c(=O)n2C3)n1. The Kier molecular flexibility index (Phi) is 4.26. The lowest BCUT2D eigenvalue weighted by atomic mass is 9.83. The summed E-state index contributed by atoms with van der Waals surface area (Å²) in [6.45, 7) is 4.74. The third-order valence-corrected chi connectivity index (χ3v) is 7.95. The maximum atomic E-state index is 13.3. The van der Waals surface area contributed by atoms with Gasteiger partial charge >= 0.3 is 5.97 Å². The van der Waals surface area contributed by atoms with Gasteiger partial charge in [-0.2, -0.15) is 0 Å². The zero-order chi connectivity index (χ0) is 20.4. The van der Waals surface area contributed by atoms with Crippen LogP contribution in [0.15, 0.2) is 22.3 Å². The second-order valence-electron chi connectivity index (χ2n) is 9.00. The highest BCUT2D eigenvalue weighted by atomic mass is 32.1. The van der Waals surface area contributed by atoms with Crippen molar-refractivity contribution in [1.82, 2.24) is 14.5 Å². The molecule has 0 amide bonds. The zero-order valence-corrected chi connectivity index (χ0v) is 17.4. The summed E-state index contributed by atoms with van der Waals surface area (Å²) in [7, 11) is 0. The van der Waals surface area contributed by atoms with Crippen molar-refractivity contribution < 1.29 is 14.6 Å². The van der Waals surface area contributed by atoms with E-state index < -0.39 is 5.97 Å². The van der Waals surface area contributed by atoms with E-state index in [2.05, 4.69) is 20.9 Å². The van der Waals surface area contributed by atoms with Gasteiger partial charge in [0, 0.05) is 61.3 Å². The predicted octanol–water partition coefficient (Wildman–Crippen LogP) is 1.60. The molecule has 0 aromatic carbocycles. The van der Waals surface area contributed by atoms with Gasteiger partial charge in [-0.25, -0.2) is 9.78 Å². The molecule has 4 aliphatic rings. The fourth-order valence-corrected chi connectivity index (χ4v) is 6.49. The zero-order valence-electron chi connectivity index (χ0n) is 16.6. The Labute approximate surface area is 177 Å². The van der Waals surface area contributed by atoms with Crippen molar-refractivity contribution in [3.63, 3.8) is 0 Å². The van der Waals surface area contributed by atoms with E-state index in [4.69, 9.17) is 9.84 Å². The van der Waals surface area contributed by atoms with Gasteiger partial charge in [-0.05, 0) is 24.8 Å². The number of rotatable bonds is 4. The Bertz CT molecular complexity index is 1070. The molecule has 30 heavy (non-hydrogen) atoms. The number of pyridine rings is 1. The Balaban J connectivity index is 1.24. The largest absolute Gasteiger partial charge is 0.476 e. The van der Waals surface area contributed by atoms with Crippen molar-refractivity contribution in [2.75, 3.05) is 31.1 Å². The van der Waals surface area contributed by atoms with Crippen molar-refractivity contribution in [3.8, 4) is 0 Å². The summed E-state index contributed by atoms with van der Waals surface area (Å²) in [4.78, 5) is 33.3. The van der Waals surface area contributed by atoms with Crippen LogP contribution in [0.4, 0.5) is 5.13 Å². The number of anilines is 1. The number of morpholine rings is 1. The molecule has 1 N–H and O–H groups in total. The number of aromatic carboxylic acids is 1. The molecule has 4 atom stereocenters. The van der Waals surface area contributed by atoms with Crippen molar-refractivity contribution in [2.24, 2.45) is 5.92 Å². The summed E-state index contributed by atoms with van der Waals surface area (Å²) in [6.07, 6.45) is 2.50. The fraction of sp³-hybridized carbons (Fsp3) is 0.571. The summed E-state index contributed by atoms with van der Waals surface area (Å²) in [6, 6.07) is 4.61. The van der Waals surface area contributed by atoms with Crippen molar-refractivity contribution in [2.45, 2.75) is 44.0 Å². The van der Waals surface area contributed by atoms with Crippen LogP contribution >= 0.6 is 11.3 Å². The van der Waals surface area contributed by atoms with Gasteiger partial charge in [0.1, 0.15) is 0 Å². The van der Waals surface area contributed by atoms with E-state index in [0.717, 1.165) is 62.0 Å². The second kappa shape index (κ2) is 6.90. The molecule has 0 unspecified atom stereocenters. The van der Waals surface area contributed by atoms with Crippen LogP contribution in [-0.2, 0) is 17.8 Å². The Morgan fingerprint density at radius 3 is 2.87 bits per heavy atom. The van der Waals surface area contributed by atoms with Crippen LogP contribution in [-0.4, -0.2) is 63.9 Å². The lowest BCUT2D eigenvalue weighted by molar-refractivity contribution is 0.0271. The predicted molar refractivity (Wildman–Crippen MR) is 111 cm³/mol. The van der Waals surface area contributed by atoms with Crippen LogP contribution in [0, 0.1) is 5.92 Å². The van der Waals surface area contributed by atoms with Crippen LogP contribution in [0.1, 0.15) is 40.5 Å². The number of ether oxygens (including phenoxy) is 1. The molecule has 2 aromatic rings. The molecular weight excluding hydrogens is 404 g/mol. The van der Waals surface area contributed by atoms with Crippen molar-refractivity contribution >= 4 is 22.4 Å². The second-order valence-corrected chi connectivity index (χ2v) is 9.83. The lowest BCUT2D eigenvalue weighted by Crippen LogP contribution is -2.48. The number of carboxylic acids is 1. The van der Waals surface area contributed by atoms with Crippen molar-refractivity contribution in [3.05, 3.63) is 44.8 Å². The third-order valence-electron chi connectivity index (χ3n) is 7.05. The van der Waals surface area contributed by atoms with Crippen LogP contribution in [0.5, 0.6) is 0 Å². The minimum atomic E-state index is -0.989. The standard InChI is InChI=1S/C21H24N4O4S/c26-19-13(7-23-9-16-4-15(23)10-29-16)1-2-18-14-3-12(6-25(18)19)5-24(8-14)21-22-17(11-30-21)20(27)28/h1-2,11-12,14-16H,3-10H2,(H,27,28)/t12-,14+,15+,16+/m0/s1. The topological polar surface area (TPSA) is 87.9 Å². The molecule has 3 saturated heterocycles. The van der Waals surface area contributed by atoms with Crippen LogP contribution in [0.3, 0.4) is 0 Å². The molecule has 9 heteroatoms. The monoisotopic (exact) mass is 428 g/mol. The van der Waals surface area contributed by atoms with Gasteiger partial charge in [0.2, 0.25) is 0 Å². The number of nitrogens with zero attached hydrogens (tertiary/aromatic N) is 4. The summed E-state index contributed by atoms with van der Waals surface area (Å²) in [5.74, 6) is -0.345. The van der Waals surface area contributed by atoms with E-state index in [-0.39, 0.29) is 17.2 Å². The average molecular weight is 429 g/mol. The Morgan fingerprint density at radius 1 is 1.23 bits per heavy atom. The molecule has 2 aromatic heterocycles. The smallest absolute Gasteiger partial charge is 0.355 e. The number of aromatic nitrogens is 2. The van der Waals surface area contributed by atoms with Gasteiger partial charge in [-0.3, -0.25) is 9.69 Å². The minimum absolute atomic E-state index is 0.105. The van der Waals surface area contributed by atoms with Gasteiger partial charge in [-0.15, -0.1) is 11.3 Å². The molecule has 0 saturated carbocycles. The van der Waals surface area contributed by atoms with E-state index in [1.54, 1.807) is 5.38 Å². The molecule has 4 aliphatic heterocycles. The van der Waals surface area contributed by atoms with E-state index >= 15 is 0 Å². The van der Waals surface area contributed by atoms with E-state index in [1.165, 1.54) is 11.3 Å². The molecule has 4 bridgehead atoms. The molecule has 0 spiro atoms. The van der Waals surface area contributed by atoms with Crippen molar-refractivity contribution in [1.29, 1.82) is 0 Å². The Hall–Kier alpha value is -2.23. The van der Waals surface area contributed by atoms with Gasteiger partial charge in [0.15, 0.2) is 10.8 Å². The van der Waals surface area contributed by atoms with Crippen LogP contribution in [0.2, 0.25) is 0 Å². The van der Waals surface area contributed by atoms with Gasteiger partial charge < -0.3 is 19.3 Å². The number of carbonyl (C=O) groups is 1. The highest BCUT2D eigenvalue weighted by Gasteiger charge is 2.40. The molecule has 6 rings (SSSR count). The number of hydrogen-bond donors (Lipinski definition) is 1. The van der Waals surface area contributed by atoms with E-state index in [0.29, 0.717) is 24.6 Å². The first kappa shape index (κ1) is 18.5. The minimum Gasteiger partial charge on any atom is -0.476 e. The molecule has 3 fully saturated rings. The van der Waals surface area contributed by atoms with Gasteiger partial charge in [-0.1, -0.05) is 6.07 Å². The summed E-state index contributed by atoms with van der Waals surface area (Å²) < 4.78 is 7.69. The van der Waals surface area contributed by atoms with E-state index in [9.17, 15) is 9.59 Å². The first-order valence-corrected chi connectivity index (χ1v) is 11.4. The summed E-state index contributed by atoms with van der Waals surface area (Å²) in [5, 5.41) is 11.5. The highest BCUT2D eigenvalue weighted by molar-refractivity contribution is 7.13. The highest BCUT2D eigenvalue weighted by Crippen LogP contribution is 2.38. The number of fused-ring (bicyclic) bond motifs is 6. The number of carboxylic acid groups (broad SMARTS) is 1. The Morgan fingerprint density at radius 2 is 2.13 bits per heavy atom. The molecule has 0 aliphatic carbocycles. The number of hydrogen-bond acceptors (Lipinski definition) is 7. The maximum Gasteiger partial charge on any atom is 0.355 e. The quantitative estimate of drug-likeness (QED) is 0.791. The molecule has 0 radical (unpaired) electrons. The third kappa shape index (κ3) is 2.99. The van der Waals surface area contributed by atoms with E-state index in [1.807, 2.05) is 10.6 Å². The molecule has 158 valence electrons.